The largest absolute Gasteiger partial charge is 0.405 e. The molecule has 1 fully saturated rings. The van der Waals surface area contributed by atoms with Crippen LogP contribution >= 0.6 is 12.4 Å². The zero-order chi connectivity index (χ0) is 20.5. The van der Waals surface area contributed by atoms with E-state index < -0.39 is 24.7 Å². The number of carbonyl (C=O) groups excluding carboxylic acids is 2. The van der Waals surface area contributed by atoms with Crippen LogP contribution in [0.2, 0.25) is 0 Å². The lowest BCUT2D eigenvalue weighted by Crippen LogP contribution is -2.57. The van der Waals surface area contributed by atoms with Crippen LogP contribution in [0.4, 0.5) is 24.5 Å². The van der Waals surface area contributed by atoms with Crippen molar-refractivity contribution in [3.05, 3.63) is 23.8 Å². The summed E-state index contributed by atoms with van der Waals surface area (Å²) in [5.74, 6) is -0.814. The Kier molecular flexibility index (Phi) is 7.36. The Morgan fingerprint density at radius 1 is 1.31 bits per heavy atom. The highest BCUT2D eigenvalue weighted by molar-refractivity contribution is 6.05. The molecule has 162 valence electrons. The number of hydrogen-bond donors (Lipinski definition) is 3. The molecule has 0 spiro atoms. The third kappa shape index (κ3) is 5.12. The fourth-order valence-electron chi connectivity index (χ4n) is 3.44. The van der Waals surface area contributed by atoms with Crippen LogP contribution in [0.15, 0.2) is 18.2 Å². The second kappa shape index (κ2) is 9.19. The predicted octanol–water partition coefficient (Wildman–Crippen LogP) is 1.45. The zero-order valence-corrected chi connectivity index (χ0v) is 17.0. The average Bonchev–Trinajstić information content (AvgIpc) is 2.65. The first-order valence-electron chi connectivity index (χ1n) is 9.16. The molecule has 2 aliphatic rings. The van der Waals surface area contributed by atoms with Gasteiger partial charge in [0.1, 0.15) is 12.1 Å². The number of anilines is 2. The van der Waals surface area contributed by atoms with Crippen molar-refractivity contribution in [3.63, 3.8) is 0 Å². The third-order valence-corrected chi connectivity index (χ3v) is 5.28. The lowest BCUT2D eigenvalue weighted by molar-refractivity contribution is -0.183. The van der Waals surface area contributed by atoms with Gasteiger partial charge in [0.25, 0.3) is 5.91 Å². The van der Waals surface area contributed by atoms with E-state index in [1.807, 2.05) is 0 Å². The van der Waals surface area contributed by atoms with Crippen LogP contribution in [0.5, 0.6) is 0 Å². The van der Waals surface area contributed by atoms with Gasteiger partial charge in [0.2, 0.25) is 5.91 Å². The van der Waals surface area contributed by atoms with Crippen LogP contribution in [0, 0.1) is 0 Å². The van der Waals surface area contributed by atoms with Crippen LogP contribution in [0.25, 0.3) is 0 Å². The average molecular weight is 436 g/mol. The molecular weight excluding hydrogens is 411 g/mol. The third-order valence-electron chi connectivity index (χ3n) is 5.28. The van der Waals surface area contributed by atoms with Gasteiger partial charge in [-0.05, 0) is 25.1 Å². The smallest absolute Gasteiger partial charge is 0.361 e. The maximum Gasteiger partial charge on any atom is 0.405 e. The van der Waals surface area contributed by atoms with Gasteiger partial charge in [-0.1, -0.05) is 0 Å². The van der Waals surface area contributed by atoms with Crippen LogP contribution in [0.3, 0.4) is 0 Å². The molecule has 0 bridgehead atoms. The summed E-state index contributed by atoms with van der Waals surface area (Å²) in [6, 6.07) is 2.62. The van der Waals surface area contributed by atoms with E-state index in [1.54, 1.807) is 31.0 Å². The van der Waals surface area contributed by atoms with Crippen molar-refractivity contribution in [1.29, 1.82) is 0 Å². The minimum atomic E-state index is -4.44. The van der Waals surface area contributed by atoms with Crippen LogP contribution < -0.4 is 20.9 Å². The Morgan fingerprint density at radius 3 is 2.59 bits per heavy atom. The number of carbonyl (C=O) groups is 2. The molecule has 2 aliphatic heterocycles. The van der Waals surface area contributed by atoms with Crippen molar-refractivity contribution in [2.75, 3.05) is 50.0 Å². The fraction of sp³-hybridized carbons (Fsp3) is 0.556. The first kappa shape index (κ1) is 23.2. The van der Waals surface area contributed by atoms with Gasteiger partial charge in [0.15, 0.2) is 0 Å². The molecule has 2 heterocycles. The van der Waals surface area contributed by atoms with Gasteiger partial charge in [-0.15, -0.1) is 12.4 Å². The molecule has 1 saturated heterocycles. The van der Waals surface area contributed by atoms with Gasteiger partial charge in [-0.25, -0.2) is 0 Å². The summed E-state index contributed by atoms with van der Waals surface area (Å²) in [5.41, 5.74) is 1.41. The monoisotopic (exact) mass is 435 g/mol. The van der Waals surface area contributed by atoms with Gasteiger partial charge < -0.3 is 20.9 Å². The Balaban J connectivity index is 0.00000300. The van der Waals surface area contributed by atoms with E-state index in [1.165, 1.54) is 11.0 Å². The molecule has 7 nitrogen and oxygen atoms in total. The maximum atomic E-state index is 13.4. The highest BCUT2D eigenvalue weighted by Gasteiger charge is 2.43. The van der Waals surface area contributed by atoms with Gasteiger partial charge in [0.05, 0.1) is 11.4 Å². The number of fused-ring (bicyclic) bond motifs is 1. The van der Waals surface area contributed by atoms with Crippen molar-refractivity contribution in [2.45, 2.75) is 25.2 Å². The van der Waals surface area contributed by atoms with Crippen molar-refractivity contribution in [1.82, 2.24) is 15.5 Å². The lowest BCUT2D eigenvalue weighted by Gasteiger charge is -2.36. The van der Waals surface area contributed by atoms with Crippen molar-refractivity contribution >= 4 is 35.6 Å². The molecule has 29 heavy (non-hydrogen) atoms. The SMILES string of the molecule is CC1C(=O)Nc2cc(C(=O)NCC(N3CCNCC3)C(F)(F)F)ccc2N1C.Cl. The molecule has 0 radical (unpaired) electrons. The lowest BCUT2D eigenvalue weighted by atomic mass is 10.1. The number of piperazine rings is 1. The van der Waals surface area contributed by atoms with E-state index in [-0.39, 0.29) is 43.0 Å². The molecule has 3 N–H and O–H groups in total. The fourth-order valence-corrected chi connectivity index (χ4v) is 3.44. The quantitative estimate of drug-likeness (QED) is 0.667. The molecular formula is C18H25ClF3N5O2. The second-order valence-electron chi connectivity index (χ2n) is 7.06. The number of hydrogen-bond acceptors (Lipinski definition) is 5. The Labute approximate surface area is 173 Å². The number of benzene rings is 1. The number of nitrogens with one attached hydrogen (secondary N) is 3. The Morgan fingerprint density at radius 2 is 1.97 bits per heavy atom. The molecule has 11 heteroatoms. The first-order valence-corrected chi connectivity index (χ1v) is 9.16. The summed E-state index contributed by atoms with van der Waals surface area (Å²) < 4.78 is 40.3. The summed E-state index contributed by atoms with van der Waals surface area (Å²) >= 11 is 0. The standard InChI is InChI=1S/C18H24F3N5O2.ClH/c1-11-16(27)24-13-9-12(3-4-14(13)25(11)2)17(28)23-10-15(18(19,20)21)26-7-5-22-6-8-26;/h3-4,9,11,15,22H,5-8,10H2,1-2H3,(H,23,28)(H,24,27);1H. The zero-order valence-electron chi connectivity index (χ0n) is 16.2. The molecule has 1 aromatic rings. The molecule has 1 aromatic carbocycles. The number of amides is 2. The highest BCUT2D eigenvalue weighted by Crippen LogP contribution is 2.32. The topological polar surface area (TPSA) is 76.7 Å². The molecule has 2 unspecified atom stereocenters. The minimum absolute atomic E-state index is 0. The molecule has 2 atom stereocenters. The number of rotatable bonds is 4. The number of likely N-dealkylation sites (N-methyl/N-ethyl adjacent to an activating group) is 1. The second-order valence-corrected chi connectivity index (χ2v) is 7.06. The number of alkyl halides is 3. The van der Waals surface area contributed by atoms with E-state index in [0.29, 0.717) is 18.8 Å². The van der Waals surface area contributed by atoms with E-state index in [0.717, 1.165) is 5.69 Å². The summed E-state index contributed by atoms with van der Waals surface area (Å²) in [4.78, 5) is 27.5. The van der Waals surface area contributed by atoms with E-state index in [9.17, 15) is 22.8 Å². The molecule has 2 amide bonds. The highest BCUT2D eigenvalue weighted by atomic mass is 35.5. The molecule has 3 rings (SSSR count). The minimum Gasteiger partial charge on any atom is -0.361 e. The van der Waals surface area contributed by atoms with Crippen LogP contribution in [0.1, 0.15) is 17.3 Å². The summed E-state index contributed by atoms with van der Waals surface area (Å²) in [5, 5.41) is 8.13. The van der Waals surface area contributed by atoms with Gasteiger partial charge in [0, 0.05) is 45.3 Å². The predicted molar refractivity (Wildman–Crippen MR) is 107 cm³/mol. The maximum absolute atomic E-state index is 13.4. The van der Waals surface area contributed by atoms with Crippen LogP contribution in [-0.2, 0) is 4.79 Å². The summed E-state index contributed by atoms with van der Waals surface area (Å²) in [7, 11) is 1.77. The summed E-state index contributed by atoms with van der Waals surface area (Å²) in [6.45, 7) is 2.74. The van der Waals surface area contributed by atoms with Gasteiger partial charge in [-0.3, -0.25) is 14.5 Å². The molecule has 0 saturated carbocycles. The van der Waals surface area contributed by atoms with Crippen molar-refractivity contribution in [3.8, 4) is 0 Å². The van der Waals surface area contributed by atoms with E-state index in [4.69, 9.17) is 0 Å². The number of halogens is 4. The first-order chi connectivity index (χ1) is 13.2. The number of nitrogens with zero attached hydrogens (tertiary/aromatic N) is 2. The Hall–Kier alpha value is -2.04. The molecule has 0 aromatic heterocycles. The normalized spacial score (nSPS) is 20.9. The van der Waals surface area contributed by atoms with E-state index in [2.05, 4.69) is 16.0 Å². The van der Waals surface area contributed by atoms with E-state index >= 15 is 0 Å². The summed E-state index contributed by atoms with van der Waals surface area (Å²) in [6.07, 6.45) is -4.44. The van der Waals surface area contributed by atoms with Crippen molar-refractivity contribution < 1.29 is 22.8 Å². The molecule has 0 aliphatic carbocycles. The van der Waals surface area contributed by atoms with Gasteiger partial charge >= 0.3 is 6.18 Å². The van der Waals surface area contributed by atoms with Crippen molar-refractivity contribution in [2.24, 2.45) is 0 Å². The Bertz CT molecular complexity index is 756. The van der Waals surface area contributed by atoms with Crippen LogP contribution in [-0.4, -0.2) is 74.7 Å². The van der Waals surface area contributed by atoms with Gasteiger partial charge in [-0.2, -0.15) is 13.2 Å².